The van der Waals surface area contributed by atoms with E-state index < -0.39 is 6.09 Å². The van der Waals surface area contributed by atoms with E-state index in [1.54, 1.807) is 29.2 Å². The molecule has 1 saturated heterocycles. The van der Waals surface area contributed by atoms with Crippen molar-refractivity contribution < 1.29 is 23.8 Å². The summed E-state index contributed by atoms with van der Waals surface area (Å²) in [6.07, 6.45) is 1.25. The van der Waals surface area contributed by atoms with Crippen molar-refractivity contribution in [2.75, 3.05) is 26.3 Å². The molecule has 1 amide bonds. The van der Waals surface area contributed by atoms with Crippen molar-refractivity contribution >= 4 is 33.9 Å². The molecule has 0 spiro atoms. The normalized spacial score (nSPS) is 17.6. The molecule has 0 bridgehead atoms. The predicted octanol–water partition coefficient (Wildman–Crippen LogP) is 3.90. The molecule has 1 fully saturated rings. The molecule has 0 saturated carbocycles. The van der Waals surface area contributed by atoms with E-state index in [2.05, 4.69) is 15.9 Å². The lowest BCUT2D eigenvalue weighted by molar-refractivity contribution is 0.0416. The van der Waals surface area contributed by atoms with Gasteiger partial charge >= 0.3 is 6.09 Å². The van der Waals surface area contributed by atoms with Crippen LogP contribution in [-0.2, 0) is 4.74 Å². The second kappa shape index (κ2) is 7.54. The van der Waals surface area contributed by atoms with E-state index in [1.165, 1.54) is 0 Å². The van der Waals surface area contributed by atoms with Crippen molar-refractivity contribution in [3.05, 3.63) is 63.8 Å². The zero-order valence-corrected chi connectivity index (χ0v) is 15.9. The van der Waals surface area contributed by atoms with E-state index >= 15 is 0 Å². The first-order valence-electron chi connectivity index (χ1n) is 8.48. The van der Waals surface area contributed by atoms with E-state index in [-0.39, 0.29) is 11.5 Å². The van der Waals surface area contributed by atoms with Gasteiger partial charge in [0.1, 0.15) is 11.5 Å². The summed E-state index contributed by atoms with van der Waals surface area (Å²) >= 11 is 3.40. The number of fused-ring (bicyclic) bond motifs is 1. The van der Waals surface area contributed by atoms with Gasteiger partial charge in [-0.1, -0.05) is 28.1 Å². The molecule has 0 radical (unpaired) electrons. The van der Waals surface area contributed by atoms with E-state index in [0.29, 0.717) is 43.4 Å². The lowest BCUT2D eigenvalue weighted by Crippen LogP contribution is -2.42. The number of nitrogens with zero attached hydrogens (tertiary/aromatic N) is 1. The molecular weight excluding hydrogens is 414 g/mol. The molecule has 2 heterocycles. The lowest BCUT2D eigenvalue weighted by atomic mass is 10.1. The Hall–Kier alpha value is -2.64. The minimum Gasteiger partial charge on any atom is -0.452 e. The summed E-state index contributed by atoms with van der Waals surface area (Å²) in [6, 6.07) is 12.3. The monoisotopic (exact) mass is 429 g/mol. The first-order valence-corrected chi connectivity index (χ1v) is 9.28. The number of amides is 1. The Balaban J connectivity index is 1.51. The van der Waals surface area contributed by atoms with Crippen LogP contribution in [0, 0.1) is 0 Å². The van der Waals surface area contributed by atoms with Crippen molar-refractivity contribution in [2.45, 2.75) is 0 Å². The van der Waals surface area contributed by atoms with Gasteiger partial charge in [0, 0.05) is 23.6 Å². The van der Waals surface area contributed by atoms with Gasteiger partial charge in [-0.25, -0.2) is 4.79 Å². The molecule has 0 aliphatic carbocycles. The number of allylic oxidation sites excluding steroid dienone is 1. The number of carbonyl (C=O) groups is 2. The van der Waals surface area contributed by atoms with Crippen molar-refractivity contribution in [1.82, 2.24) is 4.90 Å². The van der Waals surface area contributed by atoms with Gasteiger partial charge < -0.3 is 19.1 Å². The highest BCUT2D eigenvalue weighted by atomic mass is 79.9. The van der Waals surface area contributed by atoms with Crippen molar-refractivity contribution in [2.24, 2.45) is 0 Å². The molecule has 2 aromatic carbocycles. The van der Waals surface area contributed by atoms with Crippen LogP contribution in [0.5, 0.6) is 11.5 Å². The molecule has 0 N–H and O–H groups in total. The predicted molar refractivity (Wildman–Crippen MR) is 102 cm³/mol. The number of halogens is 1. The SMILES string of the molecule is O=C1C(=Cc2cccc(Br)c2)Oc2cc(OC(=O)N3CCOCC3)ccc21. The third-order valence-corrected chi connectivity index (χ3v) is 4.76. The van der Waals surface area contributed by atoms with Crippen LogP contribution in [0.15, 0.2) is 52.7 Å². The Kier molecular flexibility index (Phi) is 4.96. The number of carbonyl (C=O) groups excluding carboxylic acids is 2. The van der Waals surface area contributed by atoms with Gasteiger partial charge in [-0.3, -0.25) is 4.79 Å². The molecule has 0 atom stereocenters. The maximum absolute atomic E-state index is 12.5. The fourth-order valence-corrected chi connectivity index (χ4v) is 3.31. The lowest BCUT2D eigenvalue weighted by Gasteiger charge is -2.25. The van der Waals surface area contributed by atoms with Crippen molar-refractivity contribution in [3.63, 3.8) is 0 Å². The maximum Gasteiger partial charge on any atom is 0.415 e. The van der Waals surface area contributed by atoms with Crippen LogP contribution in [-0.4, -0.2) is 43.1 Å². The Morgan fingerprint density at radius 2 is 1.96 bits per heavy atom. The van der Waals surface area contributed by atoms with E-state index in [1.807, 2.05) is 24.3 Å². The molecule has 27 heavy (non-hydrogen) atoms. The maximum atomic E-state index is 12.5. The molecule has 7 heteroatoms. The number of ketones is 1. The highest BCUT2D eigenvalue weighted by Crippen LogP contribution is 2.35. The molecule has 0 aromatic heterocycles. The standard InChI is InChI=1S/C20H16BrNO5/c21-14-3-1-2-13(10-14)11-18-19(23)16-5-4-15(12-17(16)27-18)26-20(24)22-6-8-25-9-7-22/h1-5,10-12H,6-9H2. The molecule has 138 valence electrons. The third-order valence-electron chi connectivity index (χ3n) is 4.26. The number of hydrogen-bond acceptors (Lipinski definition) is 5. The van der Waals surface area contributed by atoms with Gasteiger partial charge in [-0.15, -0.1) is 0 Å². The molecule has 4 rings (SSSR count). The quantitative estimate of drug-likeness (QED) is 0.677. The number of benzene rings is 2. The minimum absolute atomic E-state index is 0.198. The van der Waals surface area contributed by atoms with Crippen LogP contribution >= 0.6 is 15.9 Å². The zero-order chi connectivity index (χ0) is 18.8. The minimum atomic E-state index is -0.438. The van der Waals surface area contributed by atoms with Gasteiger partial charge in [-0.05, 0) is 35.9 Å². The van der Waals surface area contributed by atoms with Gasteiger partial charge in [0.05, 0.1) is 18.8 Å². The second-order valence-corrected chi connectivity index (χ2v) is 7.04. The molecular formula is C20H16BrNO5. The van der Waals surface area contributed by atoms with Gasteiger partial charge in [-0.2, -0.15) is 0 Å². The summed E-state index contributed by atoms with van der Waals surface area (Å²) in [5.41, 5.74) is 1.29. The highest BCUT2D eigenvalue weighted by molar-refractivity contribution is 9.10. The van der Waals surface area contributed by atoms with E-state index in [9.17, 15) is 9.59 Å². The molecule has 2 aliphatic heterocycles. The molecule has 2 aromatic rings. The van der Waals surface area contributed by atoms with Gasteiger partial charge in [0.15, 0.2) is 5.76 Å². The Labute approximate surface area is 164 Å². The fraction of sp³-hybridized carbons (Fsp3) is 0.200. The van der Waals surface area contributed by atoms with Crippen LogP contribution in [0.25, 0.3) is 6.08 Å². The number of ether oxygens (including phenoxy) is 3. The first-order chi connectivity index (χ1) is 13.1. The third kappa shape index (κ3) is 3.89. The fourth-order valence-electron chi connectivity index (χ4n) is 2.89. The summed E-state index contributed by atoms with van der Waals surface area (Å²) in [5, 5.41) is 0. The molecule has 6 nitrogen and oxygen atoms in total. The average molecular weight is 430 g/mol. The van der Waals surface area contributed by atoms with Crippen LogP contribution in [0.1, 0.15) is 15.9 Å². The number of morpholine rings is 1. The second-order valence-electron chi connectivity index (χ2n) is 6.12. The van der Waals surface area contributed by atoms with E-state index in [0.717, 1.165) is 10.0 Å². The van der Waals surface area contributed by atoms with E-state index in [4.69, 9.17) is 14.2 Å². The van der Waals surface area contributed by atoms with Gasteiger partial charge in [0.25, 0.3) is 0 Å². The van der Waals surface area contributed by atoms with Crippen LogP contribution < -0.4 is 9.47 Å². The van der Waals surface area contributed by atoms with Gasteiger partial charge in [0.2, 0.25) is 5.78 Å². The number of hydrogen-bond donors (Lipinski definition) is 0. The number of rotatable bonds is 2. The smallest absolute Gasteiger partial charge is 0.415 e. The first kappa shape index (κ1) is 17.8. The van der Waals surface area contributed by atoms with Crippen LogP contribution in [0.3, 0.4) is 0 Å². The summed E-state index contributed by atoms with van der Waals surface area (Å²) in [6.45, 7) is 2.00. The summed E-state index contributed by atoms with van der Waals surface area (Å²) in [4.78, 5) is 26.3. The molecule has 0 unspecified atom stereocenters. The Morgan fingerprint density at radius 1 is 1.15 bits per heavy atom. The van der Waals surface area contributed by atoms with Crippen LogP contribution in [0.4, 0.5) is 4.79 Å². The largest absolute Gasteiger partial charge is 0.452 e. The highest BCUT2D eigenvalue weighted by Gasteiger charge is 2.28. The Morgan fingerprint density at radius 3 is 2.74 bits per heavy atom. The topological polar surface area (TPSA) is 65.1 Å². The van der Waals surface area contributed by atoms with Crippen molar-refractivity contribution in [3.8, 4) is 11.5 Å². The average Bonchev–Trinajstić information content (AvgIpc) is 2.97. The summed E-state index contributed by atoms with van der Waals surface area (Å²) in [5.74, 6) is 0.756. The Bertz CT molecular complexity index is 934. The summed E-state index contributed by atoms with van der Waals surface area (Å²) < 4.78 is 17.2. The molecule has 2 aliphatic rings. The number of Topliss-reactive ketones (excluding diaryl/α,β-unsaturated/α-hetero) is 1. The van der Waals surface area contributed by atoms with Crippen molar-refractivity contribution in [1.29, 1.82) is 0 Å². The van der Waals surface area contributed by atoms with Crippen LogP contribution in [0.2, 0.25) is 0 Å². The summed E-state index contributed by atoms with van der Waals surface area (Å²) in [7, 11) is 0. The zero-order valence-electron chi connectivity index (χ0n) is 14.3.